The second-order valence-electron chi connectivity index (χ2n) is 9.58. The lowest BCUT2D eigenvalue weighted by Crippen LogP contribution is -2.54. The van der Waals surface area contributed by atoms with Crippen LogP contribution < -0.4 is 14.8 Å². The van der Waals surface area contributed by atoms with Gasteiger partial charge in [-0.1, -0.05) is 23.7 Å². The average molecular weight is 444 g/mol. The summed E-state index contributed by atoms with van der Waals surface area (Å²) in [5, 5.41) is 4.55. The third-order valence-electron chi connectivity index (χ3n) is 7.48. The number of ether oxygens (including phenoxy) is 2. The summed E-state index contributed by atoms with van der Waals surface area (Å²) >= 11 is 6.65. The normalized spacial score (nSPS) is 28.7. The molecular weight excluding hydrogens is 413 g/mol. The predicted molar refractivity (Wildman–Crippen MR) is 121 cm³/mol. The minimum Gasteiger partial charge on any atom is -0.490 e. The van der Waals surface area contributed by atoms with Crippen LogP contribution in [-0.2, 0) is 13.2 Å². The first kappa shape index (κ1) is 21.1. The van der Waals surface area contributed by atoms with Crippen molar-refractivity contribution in [2.75, 3.05) is 6.61 Å². The quantitative estimate of drug-likeness (QED) is 0.514. The third-order valence-corrected chi connectivity index (χ3v) is 7.83. The van der Waals surface area contributed by atoms with Crippen molar-refractivity contribution < 1.29 is 13.9 Å². The number of rotatable bonds is 8. The summed E-state index contributed by atoms with van der Waals surface area (Å²) in [4.78, 5) is 0. The summed E-state index contributed by atoms with van der Waals surface area (Å²) in [6.45, 7) is 3.61. The van der Waals surface area contributed by atoms with Gasteiger partial charge in [-0.05, 0) is 92.0 Å². The number of hydrogen-bond acceptors (Lipinski definition) is 3. The van der Waals surface area contributed by atoms with Gasteiger partial charge >= 0.3 is 0 Å². The first-order valence-electron chi connectivity index (χ1n) is 11.6. The van der Waals surface area contributed by atoms with Gasteiger partial charge in [-0.3, -0.25) is 0 Å². The summed E-state index contributed by atoms with van der Waals surface area (Å²) in [6.07, 6.45) is 7.08. The molecule has 4 aliphatic carbocycles. The molecule has 0 aliphatic heterocycles. The highest BCUT2D eigenvalue weighted by molar-refractivity contribution is 6.31. The van der Waals surface area contributed by atoms with Crippen molar-refractivity contribution in [3.63, 3.8) is 0 Å². The summed E-state index contributed by atoms with van der Waals surface area (Å²) in [7, 11) is 0. The van der Waals surface area contributed by atoms with Gasteiger partial charge in [0.1, 0.15) is 12.4 Å². The Labute approximate surface area is 189 Å². The van der Waals surface area contributed by atoms with Gasteiger partial charge in [-0.25, -0.2) is 4.39 Å². The first-order chi connectivity index (χ1) is 15.1. The summed E-state index contributed by atoms with van der Waals surface area (Å²) in [6, 6.07) is 10.8. The second kappa shape index (κ2) is 8.99. The molecule has 1 N–H and O–H groups in total. The van der Waals surface area contributed by atoms with Gasteiger partial charge in [0.15, 0.2) is 11.5 Å². The SMILES string of the molecule is CCOc1cc(CNC2C3CC4CC(C3)CC2C4)c(Cl)cc1OCc1ccc(F)cc1. The van der Waals surface area contributed by atoms with Crippen LogP contribution in [0.5, 0.6) is 11.5 Å². The van der Waals surface area contributed by atoms with Crippen LogP contribution >= 0.6 is 11.6 Å². The van der Waals surface area contributed by atoms with Crippen LogP contribution in [0.4, 0.5) is 4.39 Å². The Morgan fingerprint density at radius 3 is 2.23 bits per heavy atom. The Hall–Kier alpha value is -1.78. The molecule has 0 heterocycles. The number of nitrogens with one attached hydrogen (secondary N) is 1. The lowest BCUT2D eigenvalue weighted by molar-refractivity contribution is -0.0142. The monoisotopic (exact) mass is 443 g/mol. The molecule has 4 aliphatic rings. The molecule has 0 spiro atoms. The molecule has 0 unspecified atom stereocenters. The van der Waals surface area contributed by atoms with E-state index in [1.165, 1.54) is 44.2 Å². The van der Waals surface area contributed by atoms with E-state index in [0.717, 1.165) is 41.3 Å². The van der Waals surface area contributed by atoms with Crippen LogP contribution in [0.3, 0.4) is 0 Å². The molecule has 5 heteroatoms. The summed E-state index contributed by atoms with van der Waals surface area (Å²) in [5.74, 6) is 4.69. The number of hydrogen-bond donors (Lipinski definition) is 1. The van der Waals surface area contributed by atoms with Crippen molar-refractivity contribution in [3.05, 3.63) is 58.4 Å². The van der Waals surface area contributed by atoms with Crippen molar-refractivity contribution >= 4 is 11.6 Å². The van der Waals surface area contributed by atoms with Gasteiger partial charge < -0.3 is 14.8 Å². The van der Waals surface area contributed by atoms with Gasteiger partial charge in [-0.2, -0.15) is 0 Å². The molecule has 3 nitrogen and oxygen atoms in total. The Kier molecular flexibility index (Phi) is 6.12. The molecule has 0 saturated heterocycles. The molecule has 166 valence electrons. The molecule has 2 aromatic carbocycles. The molecule has 4 fully saturated rings. The van der Waals surface area contributed by atoms with E-state index < -0.39 is 0 Å². The smallest absolute Gasteiger partial charge is 0.163 e. The zero-order valence-corrected chi connectivity index (χ0v) is 18.8. The average Bonchev–Trinajstić information content (AvgIpc) is 2.75. The van der Waals surface area contributed by atoms with E-state index in [-0.39, 0.29) is 5.82 Å². The zero-order chi connectivity index (χ0) is 21.4. The van der Waals surface area contributed by atoms with E-state index in [1.807, 2.05) is 19.1 Å². The fourth-order valence-electron chi connectivity index (χ4n) is 6.32. The Balaban J connectivity index is 1.27. The maximum absolute atomic E-state index is 13.1. The fourth-order valence-corrected chi connectivity index (χ4v) is 6.54. The highest BCUT2D eigenvalue weighted by Crippen LogP contribution is 2.53. The Morgan fingerprint density at radius 1 is 0.935 bits per heavy atom. The molecule has 4 saturated carbocycles. The van der Waals surface area contributed by atoms with E-state index in [2.05, 4.69) is 5.32 Å². The maximum Gasteiger partial charge on any atom is 0.163 e. The molecule has 0 aromatic heterocycles. The summed E-state index contributed by atoms with van der Waals surface area (Å²) in [5.41, 5.74) is 1.95. The van der Waals surface area contributed by atoms with Crippen LogP contribution in [-0.4, -0.2) is 12.6 Å². The van der Waals surface area contributed by atoms with Crippen molar-refractivity contribution in [2.45, 2.75) is 58.2 Å². The standard InChI is InChI=1S/C26H31ClFNO2/c1-2-30-24-12-21(14-29-26-19-8-17-7-18(10-19)11-20(26)9-17)23(27)13-25(24)31-15-16-3-5-22(28)6-4-16/h3-6,12-13,17-20,26,29H,2,7-11,14-15H2,1H3. The minimum absolute atomic E-state index is 0.252. The molecular formula is C26H31ClFNO2. The van der Waals surface area contributed by atoms with Gasteiger partial charge in [-0.15, -0.1) is 0 Å². The molecule has 0 amide bonds. The fraction of sp³-hybridized carbons (Fsp3) is 0.538. The van der Waals surface area contributed by atoms with Crippen LogP contribution in [0, 0.1) is 29.5 Å². The van der Waals surface area contributed by atoms with Crippen LogP contribution in [0.1, 0.15) is 50.2 Å². The van der Waals surface area contributed by atoms with Crippen molar-refractivity contribution in [3.8, 4) is 11.5 Å². The lowest BCUT2D eigenvalue weighted by atomic mass is 9.54. The van der Waals surface area contributed by atoms with Crippen LogP contribution in [0.15, 0.2) is 36.4 Å². The lowest BCUT2D eigenvalue weighted by Gasteiger charge is -2.54. The predicted octanol–water partition coefficient (Wildman–Crippen LogP) is 6.37. The van der Waals surface area contributed by atoms with Gasteiger partial charge in [0.2, 0.25) is 0 Å². The van der Waals surface area contributed by atoms with Gasteiger partial charge in [0, 0.05) is 23.7 Å². The Bertz CT molecular complexity index is 888. The zero-order valence-electron chi connectivity index (χ0n) is 18.1. The molecule has 0 radical (unpaired) electrons. The molecule has 4 bridgehead atoms. The van der Waals surface area contributed by atoms with Crippen LogP contribution in [0.25, 0.3) is 0 Å². The van der Waals surface area contributed by atoms with Crippen molar-refractivity contribution in [1.29, 1.82) is 0 Å². The van der Waals surface area contributed by atoms with Crippen molar-refractivity contribution in [2.24, 2.45) is 23.7 Å². The maximum atomic E-state index is 13.1. The molecule has 6 rings (SSSR count). The largest absolute Gasteiger partial charge is 0.490 e. The van der Waals surface area contributed by atoms with E-state index in [0.29, 0.717) is 35.8 Å². The van der Waals surface area contributed by atoms with Crippen molar-refractivity contribution in [1.82, 2.24) is 5.32 Å². The first-order valence-corrected chi connectivity index (χ1v) is 12.0. The number of benzene rings is 2. The second-order valence-corrected chi connectivity index (χ2v) is 9.98. The number of halogens is 2. The Morgan fingerprint density at radius 2 is 1.58 bits per heavy atom. The van der Waals surface area contributed by atoms with E-state index in [1.54, 1.807) is 12.1 Å². The van der Waals surface area contributed by atoms with E-state index >= 15 is 0 Å². The molecule has 0 atom stereocenters. The van der Waals surface area contributed by atoms with E-state index in [4.69, 9.17) is 21.1 Å². The highest BCUT2D eigenvalue weighted by atomic mass is 35.5. The van der Waals surface area contributed by atoms with E-state index in [9.17, 15) is 4.39 Å². The van der Waals surface area contributed by atoms with Gasteiger partial charge in [0.05, 0.1) is 6.61 Å². The minimum atomic E-state index is -0.252. The third kappa shape index (κ3) is 4.56. The molecule has 31 heavy (non-hydrogen) atoms. The topological polar surface area (TPSA) is 30.5 Å². The van der Waals surface area contributed by atoms with Gasteiger partial charge in [0.25, 0.3) is 0 Å². The summed E-state index contributed by atoms with van der Waals surface area (Å²) < 4.78 is 25.0. The molecule has 2 aromatic rings. The highest BCUT2D eigenvalue weighted by Gasteiger charge is 2.47. The van der Waals surface area contributed by atoms with Crippen LogP contribution in [0.2, 0.25) is 5.02 Å².